The van der Waals surface area contributed by atoms with Crippen LogP contribution in [0.2, 0.25) is 0 Å². The summed E-state index contributed by atoms with van der Waals surface area (Å²) in [6, 6.07) is 9.15. The van der Waals surface area contributed by atoms with Crippen molar-refractivity contribution in [2.45, 2.75) is 57.3 Å². The van der Waals surface area contributed by atoms with E-state index in [1.165, 1.54) is 25.7 Å². The van der Waals surface area contributed by atoms with Gasteiger partial charge in [-0.2, -0.15) is 0 Å². The normalized spacial score (nSPS) is 30.7. The van der Waals surface area contributed by atoms with E-state index in [0.717, 1.165) is 18.7 Å². The van der Waals surface area contributed by atoms with Gasteiger partial charge in [0.25, 0.3) is 0 Å². The highest BCUT2D eigenvalue weighted by molar-refractivity contribution is 5.18. The summed E-state index contributed by atoms with van der Waals surface area (Å²) in [5.41, 5.74) is 0.848. The van der Waals surface area contributed by atoms with Crippen molar-refractivity contribution in [2.75, 3.05) is 6.54 Å². The predicted molar refractivity (Wildman–Crippen MR) is 75.5 cm³/mol. The molecule has 0 spiro atoms. The third kappa shape index (κ3) is 2.67. The molecule has 1 N–H and O–H groups in total. The summed E-state index contributed by atoms with van der Waals surface area (Å²) in [6.45, 7) is 4.01. The SMILES string of the molecule is CCNC1CC2CCC(C1)N2Cc1ccccc1F. The third-order valence-electron chi connectivity index (χ3n) is 4.69. The molecule has 2 unspecified atom stereocenters. The highest BCUT2D eigenvalue weighted by atomic mass is 19.1. The van der Waals surface area contributed by atoms with Gasteiger partial charge in [-0.15, -0.1) is 0 Å². The number of hydrogen-bond donors (Lipinski definition) is 1. The Hall–Kier alpha value is -0.930. The number of halogens is 1. The van der Waals surface area contributed by atoms with Crippen LogP contribution in [0, 0.1) is 5.82 Å². The minimum Gasteiger partial charge on any atom is -0.314 e. The van der Waals surface area contributed by atoms with E-state index in [-0.39, 0.29) is 5.82 Å². The molecular weight excluding hydrogens is 239 g/mol. The van der Waals surface area contributed by atoms with Crippen molar-refractivity contribution in [1.82, 2.24) is 10.2 Å². The van der Waals surface area contributed by atoms with Gasteiger partial charge in [0.2, 0.25) is 0 Å². The van der Waals surface area contributed by atoms with E-state index in [9.17, 15) is 4.39 Å². The van der Waals surface area contributed by atoms with Crippen LogP contribution in [0.5, 0.6) is 0 Å². The molecule has 0 aliphatic carbocycles. The van der Waals surface area contributed by atoms with Crippen LogP contribution in [0.1, 0.15) is 38.2 Å². The maximum Gasteiger partial charge on any atom is 0.127 e. The van der Waals surface area contributed by atoms with Crippen LogP contribution in [-0.2, 0) is 6.54 Å². The van der Waals surface area contributed by atoms with Crippen LogP contribution in [0.25, 0.3) is 0 Å². The molecule has 19 heavy (non-hydrogen) atoms. The molecule has 2 atom stereocenters. The van der Waals surface area contributed by atoms with Gasteiger partial charge in [0, 0.05) is 30.2 Å². The molecule has 3 heteroatoms. The van der Waals surface area contributed by atoms with Crippen molar-refractivity contribution in [3.05, 3.63) is 35.6 Å². The van der Waals surface area contributed by atoms with Gasteiger partial charge in [0.05, 0.1) is 0 Å². The fourth-order valence-electron chi connectivity index (χ4n) is 3.81. The molecule has 0 aromatic heterocycles. The standard InChI is InChI=1S/C16H23FN2/c1-2-18-13-9-14-7-8-15(10-13)19(14)11-12-5-3-4-6-16(12)17/h3-6,13-15,18H,2,7-11H2,1H3. The number of hydrogen-bond acceptors (Lipinski definition) is 2. The molecule has 0 radical (unpaired) electrons. The van der Waals surface area contributed by atoms with Gasteiger partial charge < -0.3 is 5.32 Å². The Morgan fingerprint density at radius 3 is 2.53 bits per heavy atom. The van der Waals surface area contributed by atoms with E-state index in [1.54, 1.807) is 12.1 Å². The summed E-state index contributed by atoms with van der Waals surface area (Å²) in [5, 5.41) is 3.58. The van der Waals surface area contributed by atoms with Crippen molar-refractivity contribution >= 4 is 0 Å². The Balaban J connectivity index is 1.69. The summed E-state index contributed by atoms with van der Waals surface area (Å²) in [7, 11) is 0. The van der Waals surface area contributed by atoms with Crippen LogP contribution in [-0.4, -0.2) is 29.6 Å². The molecule has 2 fully saturated rings. The molecule has 0 amide bonds. The van der Waals surface area contributed by atoms with Crippen LogP contribution < -0.4 is 5.32 Å². The Morgan fingerprint density at radius 1 is 1.21 bits per heavy atom. The zero-order valence-electron chi connectivity index (χ0n) is 11.6. The molecule has 2 aliphatic rings. The Bertz CT molecular complexity index is 421. The summed E-state index contributed by atoms with van der Waals surface area (Å²) in [5.74, 6) is -0.0595. The lowest BCUT2D eigenvalue weighted by Crippen LogP contribution is -2.48. The molecule has 2 aliphatic heterocycles. The third-order valence-corrected chi connectivity index (χ3v) is 4.69. The second kappa shape index (κ2) is 5.59. The molecule has 2 heterocycles. The van der Waals surface area contributed by atoms with Crippen LogP contribution in [0.3, 0.4) is 0 Å². The quantitative estimate of drug-likeness (QED) is 0.897. The zero-order chi connectivity index (χ0) is 13.2. The van der Waals surface area contributed by atoms with E-state index in [1.807, 2.05) is 12.1 Å². The molecule has 2 saturated heterocycles. The number of nitrogens with zero attached hydrogens (tertiary/aromatic N) is 1. The number of fused-ring (bicyclic) bond motifs is 2. The predicted octanol–water partition coefficient (Wildman–Crippen LogP) is 2.93. The van der Waals surface area contributed by atoms with Crippen LogP contribution in [0.4, 0.5) is 4.39 Å². The lowest BCUT2D eigenvalue weighted by Gasteiger charge is -2.39. The summed E-state index contributed by atoms with van der Waals surface area (Å²) < 4.78 is 13.8. The maximum atomic E-state index is 13.8. The fourth-order valence-corrected chi connectivity index (χ4v) is 3.81. The highest BCUT2D eigenvalue weighted by Gasteiger charge is 2.40. The van der Waals surface area contributed by atoms with Crippen molar-refractivity contribution in [3.8, 4) is 0 Å². The number of nitrogens with one attached hydrogen (secondary N) is 1. The number of piperidine rings is 1. The van der Waals surface area contributed by atoms with Gasteiger partial charge in [-0.3, -0.25) is 4.90 Å². The van der Waals surface area contributed by atoms with E-state index >= 15 is 0 Å². The molecule has 104 valence electrons. The van der Waals surface area contributed by atoms with Gasteiger partial charge >= 0.3 is 0 Å². The first-order valence-corrected chi connectivity index (χ1v) is 7.50. The number of rotatable bonds is 4. The molecule has 1 aromatic carbocycles. The lowest BCUT2D eigenvalue weighted by molar-refractivity contribution is 0.108. The van der Waals surface area contributed by atoms with E-state index in [4.69, 9.17) is 0 Å². The molecular formula is C16H23FN2. The van der Waals surface area contributed by atoms with E-state index < -0.39 is 0 Å². The van der Waals surface area contributed by atoms with Gasteiger partial charge in [-0.05, 0) is 38.3 Å². The number of benzene rings is 1. The smallest absolute Gasteiger partial charge is 0.127 e. The van der Waals surface area contributed by atoms with Gasteiger partial charge in [0.1, 0.15) is 5.82 Å². The molecule has 1 aromatic rings. The maximum absolute atomic E-state index is 13.8. The van der Waals surface area contributed by atoms with Gasteiger partial charge in [0.15, 0.2) is 0 Å². The summed E-state index contributed by atoms with van der Waals surface area (Å²) in [6.07, 6.45) is 5.00. The molecule has 0 saturated carbocycles. The van der Waals surface area contributed by atoms with Crippen molar-refractivity contribution < 1.29 is 4.39 Å². The zero-order valence-corrected chi connectivity index (χ0v) is 11.6. The van der Waals surface area contributed by atoms with E-state index in [2.05, 4.69) is 17.1 Å². The van der Waals surface area contributed by atoms with Crippen molar-refractivity contribution in [2.24, 2.45) is 0 Å². The largest absolute Gasteiger partial charge is 0.314 e. The van der Waals surface area contributed by atoms with Crippen molar-refractivity contribution in [3.63, 3.8) is 0 Å². The van der Waals surface area contributed by atoms with Gasteiger partial charge in [-0.1, -0.05) is 25.1 Å². The topological polar surface area (TPSA) is 15.3 Å². The Morgan fingerprint density at radius 2 is 1.89 bits per heavy atom. The van der Waals surface area contributed by atoms with Crippen LogP contribution in [0.15, 0.2) is 24.3 Å². The minimum atomic E-state index is -0.0595. The second-order valence-corrected chi connectivity index (χ2v) is 5.87. The van der Waals surface area contributed by atoms with E-state index in [0.29, 0.717) is 18.1 Å². The first-order valence-electron chi connectivity index (χ1n) is 7.50. The first kappa shape index (κ1) is 13.1. The van der Waals surface area contributed by atoms with Crippen molar-refractivity contribution in [1.29, 1.82) is 0 Å². The van der Waals surface area contributed by atoms with Crippen LogP contribution >= 0.6 is 0 Å². The monoisotopic (exact) mass is 262 g/mol. The fraction of sp³-hybridized carbons (Fsp3) is 0.625. The molecule has 3 rings (SSSR count). The van der Waals surface area contributed by atoms with Gasteiger partial charge in [-0.25, -0.2) is 4.39 Å². The molecule has 2 nitrogen and oxygen atoms in total. The minimum absolute atomic E-state index is 0.0595. The lowest BCUT2D eigenvalue weighted by atomic mass is 9.96. The Labute approximate surface area is 115 Å². The summed E-state index contributed by atoms with van der Waals surface area (Å²) >= 11 is 0. The first-order chi connectivity index (χ1) is 9.28. The Kier molecular flexibility index (Phi) is 3.85. The average Bonchev–Trinajstić information content (AvgIpc) is 2.64. The molecule has 2 bridgehead atoms. The highest BCUT2D eigenvalue weighted by Crippen LogP contribution is 2.37. The average molecular weight is 262 g/mol. The second-order valence-electron chi connectivity index (χ2n) is 5.87. The summed E-state index contributed by atoms with van der Waals surface area (Å²) in [4.78, 5) is 2.53.